The molecule has 2 amide bonds. The lowest BCUT2D eigenvalue weighted by molar-refractivity contribution is 0.0145. The SMILES string of the molecule is COC[C@H]1C[C@H](n2nc(C#Cc3cc4ncn(C5CC5)c4cc3F)c(C(N)=O)c2CC2CC2)CN1C(=O)OC(C)(C)C. The minimum Gasteiger partial charge on any atom is -0.444 e. The van der Waals surface area contributed by atoms with Gasteiger partial charge in [0.1, 0.15) is 17.1 Å². The number of aromatic nitrogens is 4. The van der Waals surface area contributed by atoms with E-state index >= 15 is 4.39 Å². The van der Waals surface area contributed by atoms with Gasteiger partial charge in [0.25, 0.3) is 5.91 Å². The number of nitrogens with two attached hydrogens (primary N) is 1. The summed E-state index contributed by atoms with van der Waals surface area (Å²) in [7, 11) is 1.60. The molecule has 0 bridgehead atoms. The van der Waals surface area contributed by atoms with E-state index in [2.05, 4.69) is 16.8 Å². The largest absolute Gasteiger partial charge is 0.444 e. The molecule has 2 aliphatic carbocycles. The van der Waals surface area contributed by atoms with Gasteiger partial charge in [-0.1, -0.05) is 5.92 Å². The Morgan fingerprint density at radius 3 is 2.55 bits per heavy atom. The summed E-state index contributed by atoms with van der Waals surface area (Å²) in [6.07, 6.45) is 6.77. The van der Waals surface area contributed by atoms with E-state index in [1.807, 2.05) is 30.0 Å². The fourth-order valence-electron chi connectivity index (χ4n) is 5.79. The van der Waals surface area contributed by atoms with Crippen LogP contribution in [0, 0.1) is 23.6 Å². The van der Waals surface area contributed by atoms with E-state index in [4.69, 9.17) is 20.3 Å². The summed E-state index contributed by atoms with van der Waals surface area (Å²) in [6.45, 7) is 6.15. The van der Waals surface area contributed by atoms with E-state index in [0.29, 0.717) is 49.2 Å². The number of benzene rings is 1. The zero-order valence-corrected chi connectivity index (χ0v) is 24.5. The maximum absolute atomic E-state index is 15.2. The second kappa shape index (κ2) is 10.7. The Bertz CT molecular complexity index is 1600. The number of carbonyl (C=O) groups excluding carboxylic acids is 2. The van der Waals surface area contributed by atoms with E-state index in [0.717, 1.165) is 31.2 Å². The van der Waals surface area contributed by atoms with Crippen molar-refractivity contribution in [2.45, 2.75) is 83.0 Å². The summed E-state index contributed by atoms with van der Waals surface area (Å²) in [5, 5.41) is 4.78. The van der Waals surface area contributed by atoms with E-state index in [1.165, 1.54) is 6.07 Å². The van der Waals surface area contributed by atoms with Gasteiger partial charge in [0.2, 0.25) is 0 Å². The number of nitrogens with zero attached hydrogens (tertiary/aromatic N) is 5. The number of rotatable bonds is 7. The number of imidazole rings is 1. The molecule has 222 valence electrons. The minimum atomic E-state index is -0.647. The van der Waals surface area contributed by atoms with Crippen LogP contribution in [-0.2, 0) is 15.9 Å². The summed E-state index contributed by atoms with van der Waals surface area (Å²) in [5.41, 5.74) is 8.02. The van der Waals surface area contributed by atoms with Gasteiger partial charge >= 0.3 is 6.09 Å². The van der Waals surface area contributed by atoms with Crippen molar-refractivity contribution >= 4 is 23.0 Å². The smallest absolute Gasteiger partial charge is 0.410 e. The van der Waals surface area contributed by atoms with Gasteiger partial charge in [-0.2, -0.15) is 5.10 Å². The van der Waals surface area contributed by atoms with Crippen LogP contribution in [0.2, 0.25) is 0 Å². The van der Waals surface area contributed by atoms with Crippen LogP contribution in [0.15, 0.2) is 18.5 Å². The van der Waals surface area contributed by atoms with Crippen LogP contribution in [0.1, 0.15) is 92.3 Å². The molecule has 1 aromatic carbocycles. The Morgan fingerprint density at radius 2 is 1.90 bits per heavy atom. The van der Waals surface area contributed by atoms with Gasteiger partial charge in [-0.15, -0.1) is 0 Å². The normalized spacial score (nSPS) is 20.5. The van der Waals surface area contributed by atoms with Crippen LogP contribution < -0.4 is 5.73 Å². The average Bonchev–Trinajstić information content (AvgIpc) is 3.81. The highest BCUT2D eigenvalue weighted by Gasteiger charge is 2.41. The van der Waals surface area contributed by atoms with Gasteiger partial charge < -0.3 is 24.7 Å². The fourth-order valence-corrected chi connectivity index (χ4v) is 5.79. The molecule has 42 heavy (non-hydrogen) atoms. The molecule has 1 aliphatic heterocycles. The number of methoxy groups -OCH3 is 1. The third-order valence-corrected chi connectivity index (χ3v) is 8.08. The first-order valence-electron chi connectivity index (χ1n) is 14.6. The Kier molecular flexibility index (Phi) is 7.21. The Labute approximate surface area is 244 Å². The first-order valence-corrected chi connectivity index (χ1v) is 14.6. The molecule has 3 heterocycles. The Balaban J connectivity index is 1.36. The zero-order chi connectivity index (χ0) is 29.8. The van der Waals surface area contributed by atoms with Gasteiger partial charge in [-0.05, 0) is 77.2 Å². The number of halogens is 1. The minimum absolute atomic E-state index is 0.175. The molecule has 10 nitrogen and oxygen atoms in total. The lowest BCUT2D eigenvalue weighted by Crippen LogP contribution is -2.41. The first-order chi connectivity index (χ1) is 20.0. The second-order valence-corrected chi connectivity index (χ2v) is 12.7. The van der Waals surface area contributed by atoms with Gasteiger partial charge in [0.05, 0.1) is 52.9 Å². The van der Waals surface area contributed by atoms with Crippen LogP contribution >= 0.6 is 0 Å². The standard InChI is InChI=1S/C31H37FN6O4/c1-31(2,3)42-30(40)36-15-21(13-22(36)16-41-4)38-27(11-18-5-6-18)28(29(33)39)24(35-38)10-7-19-12-25-26(14-23(19)32)37(17-34-25)20-8-9-20/h12,14,17-18,20-22H,5-6,8-9,11,13,15-16H2,1-4H3,(H2,33,39)/t21-,22+/m0/s1. The Morgan fingerprint density at radius 1 is 1.14 bits per heavy atom. The van der Waals surface area contributed by atoms with Gasteiger partial charge in [-0.3, -0.25) is 9.48 Å². The predicted octanol–water partition coefficient (Wildman–Crippen LogP) is 4.35. The number of hydrogen-bond acceptors (Lipinski definition) is 6. The third kappa shape index (κ3) is 5.73. The Hall–Kier alpha value is -3.91. The predicted molar refractivity (Wildman–Crippen MR) is 153 cm³/mol. The molecule has 3 aromatic rings. The van der Waals surface area contributed by atoms with Crippen molar-refractivity contribution in [3.8, 4) is 11.8 Å². The van der Waals surface area contributed by atoms with E-state index in [-0.39, 0.29) is 28.9 Å². The monoisotopic (exact) mass is 576 g/mol. The molecule has 1 saturated heterocycles. The molecule has 3 aliphatic rings. The van der Waals surface area contributed by atoms with Crippen LogP contribution in [-0.4, -0.2) is 68.1 Å². The number of primary amides is 1. The van der Waals surface area contributed by atoms with Gasteiger partial charge in [0.15, 0.2) is 0 Å². The molecule has 2 aromatic heterocycles. The third-order valence-electron chi connectivity index (χ3n) is 8.08. The molecule has 3 fully saturated rings. The van der Waals surface area contributed by atoms with Crippen molar-refractivity contribution in [1.82, 2.24) is 24.2 Å². The molecule has 0 spiro atoms. The number of carbonyl (C=O) groups is 2. The zero-order valence-electron chi connectivity index (χ0n) is 24.5. The number of ether oxygens (including phenoxy) is 2. The highest BCUT2D eigenvalue weighted by atomic mass is 19.1. The number of hydrogen-bond donors (Lipinski definition) is 1. The molecule has 6 rings (SSSR count). The molecule has 2 saturated carbocycles. The van der Waals surface area contributed by atoms with Gasteiger partial charge in [0, 0.05) is 25.8 Å². The maximum atomic E-state index is 15.2. The number of amides is 2. The van der Waals surface area contributed by atoms with Gasteiger partial charge in [-0.25, -0.2) is 14.2 Å². The molecular weight excluding hydrogens is 539 g/mol. The average molecular weight is 577 g/mol. The van der Waals surface area contributed by atoms with Crippen LogP contribution in [0.25, 0.3) is 11.0 Å². The van der Waals surface area contributed by atoms with E-state index in [9.17, 15) is 9.59 Å². The molecule has 0 unspecified atom stereocenters. The van der Waals surface area contributed by atoms with Crippen molar-refractivity contribution in [3.63, 3.8) is 0 Å². The van der Waals surface area contributed by atoms with Crippen molar-refractivity contribution in [1.29, 1.82) is 0 Å². The lowest BCUT2D eigenvalue weighted by Gasteiger charge is -2.28. The van der Waals surface area contributed by atoms with E-state index in [1.54, 1.807) is 24.4 Å². The summed E-state index contributed by atoms with van der Waals surface area (Å²) in [4.78, 5) is 32.0. The highest BCUT2D eigenvalue weighted by molar-refractivity contribution is 5.96. The summed E-state index contributed by atoms with van der Waals surface area (Å²) >= 11 is 0. The van der Waals surface area contributed by atoms with Crippen LogP contribution in [0.4, 0.5) is 9.18 Å². The topological polar surface area (TPSA) is 118 Å². The number of likely N-dealkylation sites (tertiary alicyclic amines) is 1. The van der Waals surface area contributed by atoms with Crippen molar-refractivity contribution in [2.75, 3.05) is 20.3 Å². The summed E-state index contributed by atoms with van der Waals surface area (Å²) in [6, 6.07) is 3.02. The van der Waals surface area contributed by atoms with Crippen LogP contribution in [0.5, 0.6) is 0 Å². The first kappa shape index (κ1) is 28.2. The summed E-state index contributed by atoms with van der Waals surface area (Å²) in [5.74, 6) is 5.18. The lowest BCUT2D eigenvalue weighted by atomic mass is 10.1. The second-order valence-electron chi connectivity index (χ2n) is 12.7. The highest BCUT2D eigenvalue weighted by Crippen LogP contribution is 2.38. The van der Waals surface area contributed by atoms with Crippen LogP contribution in [0.3, 0.4) is 0 Å². The summed E-state index contributed by atoms with van der Waals surface area (Å²) < 4.78 is 30.1. The maximum Gasteiger partial charge on any atom is 0.410 e. The fraction of sp³-hybridized carbons (Fsp3) is 0.548. The van der Waals surface area contributed by atoms with E-state index < -0.39 is 23.4 Å². The molecule has 0 radical (unpaired) electrons. The molecule has 2 N–H and O–H groups in total. The van der Waals surface area contributed by atoms with Crippen molar-refractivity contribution < 1.29 is 23.5 Å². The molecular formula is C31H37FN6O4. The molecule has 11 heteroatoms. The quantitative estimate of drug-likeness (QED) is 0.418. The van der Waals surface area contributed by atoms with Crippen molar-refractivity contribution in [3.05, 3.63) is 46.8 Å². The molecule has 2 atom stereocenters. The number of fused-ring (bicyclic) bond motifs is 1. The van der Waals surface area contributed by atoms with Crippen molar-refractivity contribution in [2.24, 2.45) is 11.7 Å².